The predicted octanol–water partition coefficient (Wildman–Crippen LogP) is 3.47. The minimum atomic E-state index is 0.0616. The first kappa shape index (κ1) is 12.3. The molecule has 19 heavy (non-hydrogen) atoms. The molecule has 0 radical (unpaired) electrons. The average Bonchev–Trinajstić information content (AvgIpc) is 2.88. The van der Waals surface area contributed by atoms with Crippen molar-refractivity contribution in [2.75, 3.05) is 12.4 Å². The van der Waals surface area contributed by atoms with Crippen molar-refractivity contribution in [3.05, 3.63) is 46.8 Å². The summed E-state index contributed by atoms with van der Waals surface area (Å²) in [5.74, 6) is 0. The smallest absolute Gasteiger partial charge is 0.147 e. The molecule has 3 heteroatoms. The first-order chi connectivity index (χ1) is 9.14. The summed E-state index contributed by atoms with van der Waals surface area (Å²) in [6, 6.07) is 6.61. The van der Waals surface area contributed by atoms with Gasteiger partial charge in [0, 0.05) is 12.5 Å². The lowest BCUT2D eigenvalue weighted by Gasteiger charge is -2.34. The van der Waals surface area contributed by atoms with E-state index >= 15 is 0 Å². The molecule has 1 N–H and O–H groups in total. The monoisotopic (exact) mass is 256 g/mol. The summed E-state index contributed by atoms with van der Waals surface area (Å²) in [7, 11) is 1.92. The van der Waals surface area contributed by atoms with Gasteiger partial charge in [-0.15, -0.1) is 0 Å². The van der Waals surface area contributed by atoms with Crippen LogP contribution in [-0.4, -0.2) is 12.2 Å². The maximum absolute atomic E-state index is 5.15. The standard InChI is InChI=1S/C16H20N2O/c1-11-5-4-6-12-9-16(2,8-7-13(11)12)15-14(17-3)10-19-18-15/h4-6,10,17H,7-9H2,1-3H3. The number of nitrogens with one attached hydrogen (secondary N) is 1. The fourth-order valence-electron chi connectivity index (χ4n) is 3.25. The third kappa shape index (κ3) is 1.93. The van der Waals surface area contributed by atoms with Crippen LogP contribution in [0.5, 0.6) is 0 Å². The van der Waals surface area contributed by atoms with E-state index in [1.807, 2.05) is 7.05 Å². The van der Waals surface area contributed by atoms with Crippen molar-refractivity contribution in [2.45, 2.75) is 38.5 Å². The summed E-state index contributed by atoms with van der Waals surface area (Å²) in [5, 5.41) is 7.42. The molecule has 0 fully saturated rings. The Kier molecular flexibility index (Phi) is 2.85. The number of fused-ring (bicyclic) bond motifs is 1. The van der Waals surface area contributed by atoms with E-state index in [1.54, 1.807) is 6.26 Å². The Bertz CT molecular complexity index is 603. The first-order valence-electron chi connectivity index (χ1n) is 6.84. The maximum Gasteiger partial charge on any atom is 0.147 e. The number of hydrogen-bond acceptors (Lipinski definition) is 3. The van der Waals surface area contributed by atoms with Crippen molar-refractivity contribution in [1.82, 2.24) is 5.16 Å². The van der Waals surface area contributed by atoms with Gasteiger partial charge in [-0.25, -0.2) is 0 Å². The highest BCUT2D eigenvalue weighted by Crippen LogP contribution is 2.41. The zero-order valence-corrected chi connectivity index (χ0v) is 11.8. The number of aryl methyl sites for hydroxylation is 1. The summed E-state index contributed by atoms with van der Waals surface area (Å²) in [4.78, 5) is 0. The Morgan fingerprint density at radius 2 is 2.21 bits per heavy atom. The molecule has 1 heterocycles. The molecule has 1 atom stereocenters. The topological polar surface area (TPSA) is 38.1 Å². The van der Waals surface area contributed by atoms with Crippen LogP contribution in [0.3, 0.4) is 0 Å². The van der Waals surface area contributed by atoms with Gasteiger partial charge in [-0.05, 0) is 42.9 Å². The number of rotatable bonds is 2. The number of hydrogen-bond donors (Lipinski definition) is 1. The second kappa shape index (κ2) is 4.41. The van der Waals surface area contributed by atoms with E-state index in [1.165, 1.54) is 16.7 Å². The van der Waals surface area contributed by atoms with Crippen LogP contribution in [-0.2, 0) is 18.3 Å². The van der Waals surface area contributed by atoms with Gasteiger partial charge in [0.1, 0.15) is 12.0 Å². The van der Waals surface area contributed by atoms with Crippen LogP contribution in [0.1, 0.15) is 35.7 Å². The van der Waals surface area contributed by atoms with Crippen molar-refractivity contribution in [3.63, 3.8) is 0 Å². The molecule has 1 unspecified atom stereocenters. The highest BCUT2D eigenvalue weighted by Gasteiger charge is 2.36. The molecule has 0 aliphatic heterocycles. The second-order valence-electron chi connectivity index (χ2n) is 5.78. The number of benzene rings is 1. The minimum absolute atomic E-state index is 0.0616. The zero-order valence-electron chi connectivity index (χ0n) is 11.8. The molecule has 0 spiro atoms. The normalized spacial score (nSPS) is 22.1. The highest BCUT2D eigenvalue weighted by molar-refractivity contribution is 5.50. The van der Waals surface area contributed by atoms with Gasteiger partial charge >= 0.3 is 0 Å². The van der Waals surface area contributed by atoms with Gasteiger partial charge in [-0.2, -0.15) is 0 Å². The largest absolute Gasteiger partial charge is 0.384 e. The van der Waals surface area contributed by atoms with E-state index in [2.05, 4.69) is 42.5 Å². The summed E-state index contributed by atoms with van der Waals surface area (Å²) in [6.07, 6.45) is 4.97. The molecule has 1 aliphatic carbocycles. The first-order valence-corrected chi connectivity index (χ1v) is 6.84. The van der Waals surface area contributed by atoms with Crippen LogP contribution in [0.4, 0.5) is 5.69 Å². The number of nitrogens with zero attached hydrogens (tertiary/aromatic N) is 1. The fourth-order valence-corrected chi connectivity index (χ4v) is 3.25. The average molecular weight is 256 g/mol. The van der Waals surface area contributed by atoms with Gasteiger partial charge in [0.25, 0.3) is 0 Å². The number of anilines is 1. The lowest BCUT2D eigenvalue weighted by Crippen LogP contribution is -2.31. The molecule has 1 aromatic carbocycles. The molecule has 0 saturated heterocycles. The molecular weight excluding hydrogens is 236 g/mol. The fraction of sp³-hybridized carbons (Fsp3) is 0.438. The minimum Gasteiger partial charge on any atom is -0.384 e. The lowest BCUT2D eigenvalue weighted by molar-refractivity contribution is 0.349. The van der Waals surface area contributed by atoms with Crippen LogP contribution in [0.25, 0.3) is 0 Å². The molecule has 2 aromatic rings. The Labute approximate surface area is 114 Å². The Balaban J connectivity index is 2.01. The summed E-state index contributed by atoms with van der Waals surface area (Å²) in [5.41, 5.74) is 6.52. The number of aromatic nitrogens is 1. The van der Waals surface area contributed by atoms with Crippen molar-refractivity contribution in [3.8, 4) is 0 Å². The summed E-state index contributed by atoms with van der Waals surface area (Å²) in [6.45, 7) is 4.49. The van der Waals surface area contributed by atoms with Crippen LogP contribution in [0.15, 0.2) is 29.0 Å². The molecule has 100 valence electrons. The Morgan fingerprint density at radius 1 is 1.37 bits per heavy atom. The highest BCUT2D eigenvalue weighted by atomic mass is 16.5. The molecule has 1 aliphatic rings. The van der Waals surface area contributed by atoms with E-state index in [9.17, 15) is 0 Å². The maximum atomic E-state index is 5.15. The van der Waals surface area contributed by atoms with E-state index in [0.717, 1.165) is 30.6 Å². The van der Waals surface area contributed by atoms with Crippen molar-refractivity contribution < 1.29 is 4.52 Å². The molecule has 0 bridgehead atoms. The van der Waals surface area contributed by atoms with E-state index in [-0.39, 0.29) is 5.41 Å². The molecule has 1 aromatic heterocycles. The third-order valence-electron chi connectivity index (χ3n) is 4.43. The van der Waals surface area contributed by atoms with E-state index in [4.69, 9.17) is 4.52 Å². The van der Waals surface area contributed by atoms with Crippen LogP contribution in [0, 0.1) is 6.92 Å². The second-order valence-corrected chi connectivity index (χ2v) is 5.78. The molecule has 3 rings (SSSR count). The van der Waals surface area contributed by atoms with Gasteiger partial charge in [-0.3, -0.25) is 0 Å². The van der Waals surface area contributed by atoms with Crippen molar-refractivity contribution in [1.29, 1.82) is 0 Å². The van der Waals surface area contributed by atoms with Gasteiger partial charge in [0.2, 0.25) is 0 Å². The van der Waals surface area contributed by atoms with Crippen LogP contribution >= 0.6 is 0 Å². The SMILES string of the molecule is CNc1conc1C1(C)CCc2c(C)cccc2C1. The van der Waals surface area contributed by atoms with Gasteiger partial charge in [-0.1, -0.05) is 30.3 Å². The van der Waals surface area contributed by atoms with Gasteiger partial charge in [0.15, 0.2) is 0 Å². The third-order valence-corrected chi connectivity index (χ3v) is 4.43. The molecule has 0 saturated carbocycles. The molecular formula is C16H20N2O. The van der Waals surface area contributed by atoms with Crippen molar-refractivity contribution >= 4 is 5.69 Å². The van der Waals surface area contributed by atoms with Crippen molar-refractivity contribution in [2.24, 2.45) is 0 Å². The van der Waals surface area contributed by atoms with Gasteiger partial charge in [0.05, 0.1) is 5.69 Å². The Morgan fingerprint density at radius 3 is 3.00 bits per heavy atom. The quantitative estimate of drug-likeness (QED) is 0.894. The van der Waals surface area contributed by atoms with Crippen LogP contribution < -0.4 is 5.32 Å². The van der Waals surface area contributed by atoms with Crippen LogP contribution in [0.2, 0.25) is 0 Å². The Hall–Kier alpha value is -1.77. The summed E-state index contributed by atoms with van der Waals surface area (Å²) < 4.78 is 5.15. The zero-order chi connectivity index (χ0) is 13.5. The van der Waals surface area contributed by atoms with Gasteiger partial charge < -0.3 is 9.84 Å². The van der Waals surface area contributed by atoms with E-state index < -0.39 is 0 Å². The van der Waals surface area contributed by atoms with E-state index in [0.29, 0.717) is 0 Å². The molecule has 3 nitrogen and oxygen atoms in total. The predicted molar refractivity (Wildman–Crippen MR) is 76.6 cm³/mol. The molecule has 0 amide bonds. The summed E-state index contributed by atoms with van der Waals surface area (Å²) >= 11 is 0. The lowest BCUT2D eigenvalue weighted by atomic mass is 9.70.